The van der Waals surface area contributed by atoms with E-state index in [1.54, 1.807) is 0 Å². The Morgan fingerprint density at radius 2 is 1.50 bits per heavy atom. The highest BCUT2D eigenvalue weighted by molar-refractivity contribution is 6.61. The third kappa shape index (κ3) is 1.68. The van der Waals surface area contributed by atoms with E-state index in [1.165, 1.54) is 0 Å². The van der Waals surface area contributed by atoms with E-state index in [0.29, 0.717) is 5.89 Å². The first kappa shape index (κ1) is 11.7. The van der Waals surface area contributed by atoms with Crippen LogP contribution in [0.3, 0.4) is 0 Å². The first-order valence-electron chi connectivity index (χ1n) is 5.52. The van der Waals surface area contributed by atoms with Crippen molar-refractivity contribution in [2.24, 2.45) is 0 Å². The normalized spacial score (nSPS) is 22.8. The van der Waals surface area contributed by atoms with Crippen molar-refractivity contribution in [3.63, 3.8) is 0 Å². The van der Waals surface area contributed by atoms with E-state index >= 15 is 0 Å². The molecule has 1 aromatic rings. The Morgan fingerprint density at radius 1 is 1.00 bits per heavy atom. The number of hydrogen-bond donors (Lipinski definition) is 0. The van der Waals surface area contributed by atoms with Crippen molar-refractivity contribution in [3.05, 3.63) is 11.7 Å². The fraction of sp³-hybridized carbons (Fsp3) is 0.727. The molecule has 0 N–H and O–H groups in total. The van der Waals surface area contributed by atoms with Gasteiger partial charge in [-0.05, 0) is 34.6 Å². The number of rotatable bonds is 1. The molecule has 88 valence electrons. The number of aromatic nitrogens is 1. The molecule has 0 saturated carbocycles. The van der Waals surface area contributed by atoms with Crippen LogP contribution in [0, 0.1) is 13.8 Å². The third-order valence-corrected chi connectivity index (χ3v) is 3.42. The van der Waals surface area contributed by atoms with Crippen molar-refractivity contribution < 1.29 is 13.7 Å². The predicted molar refractivity (Wildman–Crippen MR) is 61.7 cm³/mol. The van der Waals surface area contributed by atoms with Crippen LogP contribution < -0.4 is 5.59 Å². The van der Waals surface area contributed by atoms with E-state index in [1.807, 2.05) is 41.5 Å². The van der Waals surface area contributed by atoms with E-state index in [4.69, 9.17) is 13.7 Å². The van der Waals surface area contributed by atoms with Crippen molar-refractivity contribution in [2.45, 2.75) is 52.7 Å². The van der Waals surface area contributed by atoms with Crippen molar-refractivity contribution in [1.82, 2.24) is 4.98 Å². The van der Waals surface area contributed by atoms with E-state index < -0.39 is 7.12 Å². The van der Waals surface area contributed by atoms with Crippen LogP contribution in [0.1, 0.15) is 39.3 Å². The maximum atomic E-state index is 5.90. The Balaban J connectivity index is 2.30. The largest absolute Gasteiger partial charge is 0.518 e. The van der Waals surface area contributed by atoms with Crippen molar-refractivity contribution in [3.8, 4) is 0 Å². The highest BCUT2D eigenvalue weighted by Crippen LogP contribution is 2.36. The molecule has 2 heterocycles. The van der Waals surface area contributed by atoms with Gasteiger partial charge in [0.05, 0.1) is 11.2 Å². The minimum atomic E-state index is -0.428. The van der Waals surface area contributed by atoms with Gasteiger partial charge in [0.15, 0.2) is 5.89 Å². The van der Waals surface area contributed by atoms with Gasteiger partial charge in [0.25, 0.3) is 0 Å². The first-order valence-corrected chi connectivity index (χ1v) is 5.52. The smallest absolute Gasteiger partial charge is 0.447 e. The van der Waals surface area contributed by atoms with Crippen LogP contribution in [0.2, 0.25) is 0 Å². The summed E-state index contributed by atoms with van der Waals surface area (Å²) in [4.78, 5) is 4.31. The fourth-order valence-corrected chi connectivity index (χ4v) is 1.72. The predicted octanol–water partition coefficient (Wildman–Crippen LogP) is 1.59. The quantitative estimate of drug-likeness (QED) is 0.678. The lowest BCUT2D eigenvalue weighted by Crippen LogP contribution is -2.41. The van der Waals surface area contributed by atoms with Gasteiger partial charge in [-0.1, -0.05) is 0 Å². The molecule has 1 aliphatic heterocycles. The zero-order chi connectivity index (χ0) is 12.1. The summed E-state index contributed by atoms with van der Waals surface area (Å²) in [5.74, 6) is 1.40. The van der Waals surface area contributed by atoms with Gasteiger partial charge >= 0.3 is 7.12 Å². The molecule has 0 bridgehead atoms. The maximum absolute atomic E-state index is 5.90. The second-order valence-corrected chi connectivity index (χ2v) is 5.26. The van der Waals surface area contributed by atoms with E-state index in [-0.39, 0.29) is 11.2 Å². The summed E-state index contributed by atoms with van der Waals surface area (Å²) < 4.78 is 17.2. The molecule has 1 aliphatic rings. The van der Waals surface area contributed by atoms with Gasteiger partial charge in [-0.2, -0.15) is 0 Å². The molecule has 0 unspecified atom stereocenters. The second kappa shape index (κ2) is 3.34. The minimum Gasteiger partial charge on any atom is -0.447 e. The highest BCUT2D eigenvalue weighted by atomic mass is 16.7. The summed E-state index contributed by atoms with van der Waals surface area (Å²) in [7, 11) is -0.428. The SMILES string of the molecule is Cc1nc(B2OC(C)(C)C(C)(C)O2)c(C)o1. The van der Waals surface area contributed by atoms with Crippen LogP contribution in [-0.2, 0) is 9.31 Å². The van der Waals surface area contributed by atoms with Gasteiger partial charge in [-0.3, -0.25) is 0 Å². The Kier molecular flexibility index (Phi) is 2.44. The van der Waals surface area contributed by atoms with Gasteiger partial charge in [-0.15, -0.1) is 0 Å². The molecule has 0 aromatic carbocycles. The minimum absolute atomic E-state index is 0.336. The molecule has 0 atom stereocenters. The van der Waals surface area contributed by atoms with Crippen molar-refractivity contribution in [1.29, 1.82) is 0 Å². The molecular formula is C11H18BNO3. The molecule has 1 saturated heterocycles. The monoisotopic (exact) mass is 223 g/mol. The molecule has 0 radical (unpaired) electrons. The van der Waals surface area contributed by atoms with Gasteiger partial charge in [0.2, 0.25) is 0 Å². The number of hydrogen-bond acceptors (Lipinski definition) is 4. The third-order valence-electron chi connectivity index (χ3n) is 3.42. The first-order chi connectivity index (χ1) is 7.23. The number of oxazole rings is 1. The lowest BCUT2D eigenvalue weighted by atomic mass is 9.84. The van der Waals surface area contributed by atoms with E-state index in [9.17, 15) is 0 Å². The average molecular weight is 223 g/mol. The van der Waals surface area contributed by atoms with Gasteiger partial charge < -0.3 is 13.7 Å². The molecular weight excluding hydrogens is 205 g/mol. The molecule has 0 aliphatic carbocycles. The Morgan fingerprint density at radius 3 is 1.88 bits per heavy atom. The number of aryl methyl sites for hydroxylation is 2. The Bertz CT molecular complexity index is 395. The summed E-state index contributed by atoms with van der Waals surface area (Å²) in [5.41, 5.74) is 0.0737. The molecule has 0 amide bonds. The van der Waals surface area contributed by atoms with Crippen LogP contribution in [0.5, 0.6) is 0 Å². The van der Waals surface area contributed by atoms with Crippen molar-refractivity contribution in [2.75, 3.05) is 0 Å². The fourth-order valence-electron chi connectivity index (χ4n) is 1.72. The zero-order valence-electron chi connectivity index (χ0n) is 10.7. The van der Waals surface area contributed by atoms with Gasteiger partial charge in [0.1, 0.15) is 11.4 Å². The molecule has 16 heavy (non-hydrogen) atoms. The standard InChI is InChI=1S/C11H18BNO3/c1-7-9(13-8(2)14-7)12-15-10(3,4)11(5,6)16-12/h1-6H3. The van der Waals surface area contributed by atoms with Crippen LogP contribution >= 0.6 is 0 Å². The lowest BCUT2D eigenvalue weighted by molar-refractivity contribution is 0.00578. The van der Waals surface area contributed by atoms with Crippen LogP contribution in [0.15, 0.2) is 4.42 Å². The van der Waals surface area contributed by atoms with E-state index in [0.717, 1.165) is 11.4 Å². The molecule has 1 fully saturated rings. The Hall–Kier alpha value is -0.805. The van der Waals surface area contributed by atoms with E-state index in [2.05, 4.69) is 4.98 Å². The topological polar surface area (TPSA) is 44.5 Å². The maximum Gasteiger partial charge on any atom is 0.518 e. The van der Waals surface area contributed by atoms with Crippen LogP contribution in [0.25, 0.3) is 0 Å². The average Bonchev–Trinajstić information content (AvgIpc) is 2.51. The highest BCUT2D eigenvalue weighted by Gasteiger charge is 2.53. The summed E-state index contributed by atoms with van der Waals surface area (Å²) in [6, 6.07) is 0. The van der Waals surface area contributed by atoms with Crippen molar-refractivity contribution >= 4 is 12.7 Å². The molecule has 4 nitrogen and oxygen atoms in total. The summed E-state index contributed by atoms with van der Waals surface area (Å²) in [6.07, 6.45) is 0. The van der Waals surface area contributed by atoms with Gasteiger partial charge in [-0.25, -0.2) is 4.98 Å². The molecule has 2 rings (SSSR count). The second-order valence-electron chi connectivity index (χ2n) is 5.26. The molecule has 5 heteroatoms. The summed E-state index contributed by atoms with van der Waals surface area (Å²) >= 11 is 0. The van der Waals surface area contributed by atoms with Crippen LogP contribution in [-0.4, -0.2) is 23.3 Å². The molecule has 0 spiro atoms. The number of nitrogens with zero attached hydrogens (tertiary/aromatic N) is 1. The lowest BCUT2D eigenvalue weighted by Gasteiger charge is -2.32. The zero-order valence-corrected chi connectivity index (χ0v) is 10.7. The Labute approximate surface area is 96.5 Å². The molecule has 1 aromatic heterocycles. The summed E-state index contributed by atoms with van der Waals surface area (Å²) in [6.45, 7) is 11.8. The summed E-state index contributed by atoms with van der Waals surface area (Å²) in [5, 5.41) is 0. The van der Waals surface area contributed by atoms with Gasteiger partial charge in [0, 0.05) is 6.92 Å². The van der Waals surface area contributed by atoms with Crippen LogP contribution in [0.4, 0.5) is 0 Å².